The first-order chi connectivity index (χ1) is 10.1. The highest BCUT2D eigenvalue weighted by Gasteiger charge is 2.32. The summed E-state index contributed by atoms with van der Waals surface area (Å²) in [4.78, 5) is 0. The lowest BCUT2D eigenvalue weighted by atomic mass is 9.75. The van der Waals surface area contributed by atoms with Crippen LogP contribution < -0.4 is 5.32 Å². The SMILES string of the molecule is Cc1ccc([C@H](C)NC2CC(c3ccccc3Cl)C2)cc1. The normalized spacial score (nSPS) is 22.6. The first-order valence-corrected chi connectivity index (χ1v) is 8.08. The maximum atomic E-state index is 6.28. The van der Waals surface area contributed by atoms with Gasteiger partial charge in [0, 0.05) is 17.1 Å². The smallest absolute Gasteiger partial charge is 0.0440 e. The van der Waals surface area contributed by atoms with E-state index in [4.69, 9.17) is 11.6 Å². The third kappa shape index (κ3) is 3.30. The van der Waals surface area contributed by atoms with Gasteiger partial charge in [0.1, 0.15) is 0 Å². The van der Waals surface area contributed by atoms with Gasteiger partial charge in [-0.3, -0.25) is 0 Å². The van der Waals surface area contributed by atoms with Crippen LogP contribution >= 0.6 is 11.6 Å². The Morgan fingerprint density at radius 3 is 2.38 bits per heavy atom. The predicted octanol–water partition coefficient (Wildman–Crippen LogP) is 5.25. The summed E-state index contributed by atoms with van der Waals surface area (Å²) in [6.45, 7) is 4.37. The van der Waals surface area contributed by atoms with Gasteiger partial charge in [0.2, 0.25) is 0 Å². The summed E-state index contributed by atoms with van der Waals surface area (Å²) < 4.78 is 0. The molecule has 0 bridgehead atoms. The van der Waals surface area contributed by atoms with Crippen LogP contribution in [0.2, 0.25) is 5.02 Å². The maximum absolute atomic E-state index is 6.28. The zero-order valence-electron chi connectivity index (χ0n) is 12.6. The van der Waals surface area contributed by atoms with E-state index in [1.165, 1.54) is 29.5 Å². The molecule has 0 radical (unpaired) electrons. The van der Waals surface area contributed by atoms with E-state index in [1.807, 2.05) is 12.1 Å². The summed E-state index contributed by atoms with van der Waals surface area (Å²) in [6.07, 6.45) is 2.36. The van der Waals surface area contributed by atoms with E-state index >= 15 is 0 Å². The number of hydrogen-bond donors (Lipinski definition) is 1. The first kappa shape index (κ1) is 14.6. The number of aryl methyl sites for hydroxylation is 1. The van der Waals surface area contributed by atoms with Gasteiger partial charge in [-0.25, -0.2) is 0 Å². The molecule has 0 saturated heterocycles. The molecule has 1 saturated carbocycles. The number of rotatable bonds is 4. The summed E-state index contributed by atoms with van der Waals surface area (Å²) >= 11 is 6.28. The maximum Gasteiger partial charge on any atom is 0.0440 e. The third-order valence-electron chi connectivity index (χ3n) is 4.55. The van der Waals surface area contributed by atoms with Crippen LogP contribution in [0.15, 0.2) is 48.5 Å². The average Bonchev–Trinajstić information content (AvgIpc) is 2.44. The molecule has 2 aromatic carbocycles. The lowest BCUT2D eigenvalue weighted by Gasteiger charge is -2.38. The topological polar surface area (TPSA) is 12.0 Å². The van der Waals surface area contributed by atoms with Crippen molar-refractivity contribution in [2.75, 3.05) is 0 Å². The summed E-state index contributed by atoms with van der Waals surface area (Å²) in [5.41, 5.74) is 3.98. The molecule has 110 valence electrons. The van der Waals surface area contributed by atoms with Crippen molar-refractivity contribution >= 4 is 11.6 Å². The highest BCUT2D eigenvalue weighted by molar-refractivity contribution is 6.31. The van der Waals surface area contributed by atoms with Gasteiger partial charge in [0.25, 0.3) is 0 Å². The zero-order chi connectivity index (χ0) is 14.8. The Bertz CT molecular complexity index is 599. The van der Waals surface area contributed by atoms with Crippen molar-refractivity contribution in [3.63, 3.8) is 0 Å². The van der Waals surface area contributed by atoms with Gasteiger partial charge in [-0.15, -0.1) is 0 Å². The standard InChI is InChI=1S/C19H22ClN/c1-13-7-9-15(10-8-13)14(2)21-17-11-16(12-17)18-5-3-4-6-19(18)20/h3-10,14,16-17,21H,11-12H2,1-2H3/t14-,16?,17?/m0/s1. The van der Waals surface area contributed by atoms with E-state index in [2.05, 4.69) is 55.6 Å². The van der Waals surface area contributed by atoms with Crippen molar-refractivity contribution in [3.05, 3.63) is 70.2 Å². The Morgan fingerprint density at radius 2 is 1.71 bits per heavy atom. The Hall–Kier alpha value is -1.31. The molecule has 0 heterocycles. The van der Waals surface area contributed by atoms with Crippen molar-refractivity contribution in [3.8, 4) is 0 Å². The van der Waals surface area contributed by atoms with Gasteiger partial charge in [-0.1, -0.05) is 59.6 Å². The van der Waals surface area contributed by atoms with Crippen molar-refractivity contribution in [2.24, 2.45) is 0 Å². The van der Waals surface area contributed by atoms with Gasteiger partial charge >= 0.3 is 0 Å². The van der Waals surface area contributed by atoms with Crippen LogP contribution in [0, 0.1) is 6.92 Å². The van der Waals surface area contributed by atoms with Crippen LogP contribution in [-0.2, 0) is 0 Å². The minimum absolute atomic E-state index is 0.405. The summed E-state index contributed by atoms with van der Waals surface area (Å²) in [5, 5.41) is 4.64. The summed E-state index contributed by atoms with van der Waals surface area (Å²) in [6, 6.07) is 18.0. The second kappa shape index (κ2) is 6.21. The first-order valence-electron chi connectivity index (χ1n) is 7.70. The molecule has 0 spiro atoms. The quantitative estimate of drug-likeness (QED) is 0.813. The molecule has 2 aromatic rings. The Labute approximate surface area is 132 Å². The largest absolute Gasteiger partial charge is 0.307 e. The molecule has 0 aromatic heterocycles. The van der Waals surface area contributed by atoms with Crippen LogP contribution in [0.5, 0.6) is 0 Å². The molecule has 0 amide bonds. The molecule has 3 rings (SSSR count). The van der Waals surface area contributed by atoms with E-state index in [1.54, 1.807) is 0 Å². The molecule has 0 unspecified atom stereocenters. The number of hydrogen-bond acceptors (Lipinski definition) is 1. The molecular weight excluding hydrogens is 278 g/mol. The fourth-order valence-corrected chi connectivity index (χ4v) is 3.41. The number of halogens is 1. The monoisotopic (exact) mass is 299 g/mol. The second-order valence-corrected chi connectivity index (χ2v) is 6.59. The molecular formula is C19H22ClN. The molecule has 1 atom stereocenters. The van der Waals surface area contributed by atoms with E-state index in [-0.39, 0.29) is 0 Å². The highest BCUT2D eigenvalue weighted by Crippen LogP contribution is 2.40. The molecule has 1 fully saturated rings. The van der Waals surface area contributed by atoms with Crippen LogP contribution in [-0.4, -0.2) is 6.04 Å². The van der Waals surface area contributed by atoms with Crippen LogP contribution in [0.3, 0.4) is 0 Å². The van der Waals surface area contributed by atoms with Crippen molar-refractivity contribution in [1.82, 2.24) is 5.32 Å². The summed E-state index contributed by atoms with van der Waals surface area (Å²) in [7, 11) is 0. The van der Waals surface area contributed by atoms with Crippen molar-refractivity contribution < 1.29 is 0 Å². The lowest BCUT2D eigenvalue weighted by molar-refractivity contribution is 0.271. The molecule has 1 nitrogen and oxygen atoms in total. The van der Waals surface area contributed by atoms with E-state index < -0.39 is 0 Å². The van der Waals surface area contributed by atoms with Gasteiger partial charge in [0.15, 0.2) is 0 Å². The minimum Gasteiger partial charge on any atom is -0.307 e. The van der Waals surface area contributed by atoms with Crippen molar-refractivity contribution in [2.45, 2.75) is 44.7 Å². The number of benzene rings is 2. The van der Waals surface area contributed by atoms with Gasteiger partial charge in [-0.2, -0.15) is 0 Å². The second-order valence-electron chi connectivity index (χ2n) is 6.19. The Kier molecular flexibility index (Phi) is 4.32. The van der Waals surface area contributed by atoms with E-state index in [9.17, 15) is 0 Å². The minimum atomic E-state index is 0.405. The molecule has 2 heteroatoms. The van der Waals surface area contributed by atoms with E-state index in [0.717, 1.165) is 5.02 Å². The zero-order valence-corrected chi connectivity index (χ0v) is 13.4. The number of nitrogens with one attached hydrogen (secondary N) is 1. The molecule has 0 aliphatic heterocycles. The van der Waals surface area contributed by atoms with Crippen LogP contribution in [0.25, 0.3) is 0 Å². The predicted molar refractivity (Wildman–Crippen MR) is 89.9 cm³/mol. The average molecular weight is 300 g/mol. The third-order valence-corrected chi connectivity index (χ3v) is 4.89. The Morgan fingerprint density at radius 1 is 1.05 bits per heavy atom. The van der Waals surface area contributed by atoms with Crippen LogP contribution in [0.4, 0.5) is 0 Å². The molecule has 21 heavy (non-hydrogen) atoms. The molecule has 1 aliphatic carbocycles. The fourth-order valence-electron chi connectivity index (χ4n) is 3.12. The van der Waals surface area contributed by atoms with Gasteiger partial charge in [-0.05, 0) is 49.8 Å². The highest BCUT2D eigenvalue weighted by atomic mass is 35.5. The van der Waals surface area contributed by atoms with Gasteiger partial charge < -0.3 is 5.32 Å². The molecule has 1 N–H and O–H groups in total. The fraction of sp³-hybridized carbons (Fsp3) is 0.368. The Balaban J connectivity index is 1.55. The molecule has 1 aliphatic rings. The van der Waals surface area contributed by atoms with Crippen LogP contribution in [0.1, 0.15) is 48.4 Å². The van der Waals surface area contributed by atoms with E-state index in [0.29, 0.717) is 18.0 Å². The van der Waals surface area contributed by atoms with Crippen molar-refractivity contribution in [1.29, 1.82) is 0 Å². The van der Waals surface area contributed by atoms with Gasteiger partial charge in [0.05, 0.1) is 0 Å². The summed E-state index contributed by atoms with van der Waals surface area (Å²) in [5.74, 6) is 0.612. The lowest BCUT2D eigenvalue weighted by Crippen LogP contribution is -2.41.